The molecule has 238 valence electrons. The van der Waals surface area contributed by atoms with Crippen molar-refractivity contribution in [1.82, 2.24) is 5.32 Å². The van der Waals surface area contributed by atoms with Gasteiger partial charge < -0.3 is 33.6 Å². The largest absolute Gasteiger partial charge is 0.511 e. The molecule has 43 heavy (non-hydrogen) atoms. The lowest BCUT2D eigenvalue weighted by molar-refractivity contribution is -0.199. The van der Waals surface area contributed by atoms with Crippen LogP contribution in [0.25, 0.3) is 0 Å². The Morgan fingerprint density at radius 1 is 1.14 bits per heavy atom. The van der Waals surface area contributed by atoms with Crippen LogP contribution in [-0.4, -0.2) is 69.0 Å². The van der Waals surface area contributed by atoms with Crippen LogP contribution in [0.1, 0.15) is 76.2 Å². The van der Waals surface area contributed by atoms with Gasteiger partial charge in [-0.3, -0.25) is 4.79 Å². The monoisotopic (exact) mass is 613 g/mol. The number of hydrogen-bond donors (Lipinski definition) is 1. The molecule has 2 bridgehead atoms. The summed E-state index contributed by atoms with van der Waals surface area (Å²) in [6, 6.07) is 4.67. The highest BCUT2D eigenvalue weighted by atomic mass is 19.4. The smallest absolute Gasteiger partial charge is 0.496 e. The Hall–Kier alpha value is -3.00. The van der Waals surface area contributed by atoms with Crippen LogP contribution in [0.4, 0.5) is 18.0 Å². The van der Waals surface area contributed by atoms with E-state index in [0.717, 1.165) is 12.8 Å². The Morgan fingerprint density at radius 2 is 1.86 bits per heavy atom. The maximum Gasteiger partial charge on any atom is 0.511 e. The lowest BCUT2D eigenvalue weighted by atomic mass is 9.43. The standard InChI is InChI=1S/C29H39BF3NO9/c1-16(2)41-26(37)40-15-39-25(36)19-9-7-8-17(24(19)38-6)12-22(34-23(35)10-11-29(31,32)33)30-42-21-14-18-13-20(27(18,3)4)28(21,5)43-30/h7-9,16,18,20-22H,10-15H2,1-6H3,(H,34,35). The summed E-state index contributed by atoms with van der Waals surface area (Å²) in [5.41, 5.74) is -0.0959. The van der Waals surface area contributed by atoms with Crippen LogP contribution < -0.4 is 10.1 Å². The van der Waals surface area contributed by atoms with E-state index in [2.05, 4.69) is 19.2 Å². The molecule has 1 heterocycles. The van der Waals surface area contributed by atoms with Gasteiger partial charge in [0.2, 0.25) is 12.7 Å². The van der Waals surface area contributed by atoms with Crippen molar-refractivity contribution in [3.8, 4) is 5.75 Å². The van der Waals surface area contributed by atoms with Gasteiger partial charge in [0.05, 0.1) is 37.3 Å². The van der Waals surface area contributed by atoms with E-state index in [1.165, 1.54) is 13.2 Å². The van der Waals surface area contributed by atoms with Gasteiger partial charge in [-0.1, -0.05) is 26.0 Å². The average molecular weight is 613 g/mol. The zero-order chi connectivity index (χ0) is 31.7. The molecule has 3 aliphatic carbocycles. The van der Waals surface area contributed by atoms with E-state index in [9.17, 15) is 27.6 Å². The van der Waals surface area contributed by atoms with Gasteiger partial charge >= 0.3 is 25.4 Å². The highest BCUT2D eigenvalue weighted by Gasteiger charge is 2.68. The number of methoxy groups -OCH3 is 1. The Balaban J connectivity index is 1.53. The number of amides is 1. The summed E-state index contributed by atoms with van der Waals surface area (Å²) in [4.78, 5) is 37.1. The van der Waals surface area contributed by atoms with Crippen molar-refractivity contribution in [3.05, 3.63) is 29.3 Å². The van der Waals surface area contributed by atoms with Gasteiger partial charge in [-0.15, -0.1) is 0 Å². The Bertz CT molecular complexity index is 1210. The van der Waals surface area contributed by atoms with Crippen LogP contribution in [0, 0.1) is 17.3 Å². The molecule has 14 heteroatoms. The lowest BCUT2D eigenvalue weighted by Gasteiger charge is -2.64. The molecule has 1 saturated heterocycles. The number of carbonyl (C=O) groups excluding carboxylic acids is 3. The minimum absolute atomic E-state index is 0.0134. The van der Waals surface area contributed by atoms with Crippen LogP contribution in [0.2, 0.25) is 0 Å². The van der Waals surface area contributed by atoms with Crippen molar-refractivity contribution in [2.24, 2.45) is 17.3 Å². The van der Waals surface area contributed by atoms with E-state index in [0.29, 0.717) is 11.5 Å². The molecule has 1 N–H and O–H groups in total. The molecule has 10 nitrogen and oxygen atoms in total. The number of ether oxygens (including phenoxy) is 4. The molecule has 0 spiro atoms. The van der Waals surface area contributed by atoms with E-state index in [1.807, 2.05) is 6.92 Å². The first-order chi connectivity index (χ1) is 20.0. The Labute approximate surface area is 249 Å². The molecule has 4 fully saturated rings. The summed E-state index contributed by atoms with van der Waals surface area (Å²) in [6.45, 7) is 8.97. The van der Waals surface area contributed by atoms with Crippen molar-refractivity contribution in [1.29, 1.82) is 0 Å². The number of nitrogens with one attached hydrogen (secondary N) is 1. The van der Waals surface area contributed by atoms with Crippen LogP contribution >= 0.6 is 0 Å². The van der Waals surface area contributed by atoms with Crippen molar-refractivity contribution >= 4 is 25.2 Å². The number of halogens is 3. The number of rotatable bonds is 11. The first-order valence-corrected chi connectivity index (χ1v) is 14.4. The third-order valence-electron chi connectivity index (χ3n) is 8.94. The summed E-state index contributed by atoms with van der Waals surface area (Å²) in [5.74, 6) is -1.73. The Morgan fingerprint density at radius 3 is 2.49 bits per heavy atom. The third kappa shape index (κ3) is 7.22. The van der Waals surface area contributed by atoms with Gasteiger partial charge in [0.25, 0.3) is 0 Å². The maximum absolute atomic E-state index is 12.9. The molecule has 3 saturated carbocycles. The molecule has 1 aromatic rings. The topological polar surface area (TPSA) is 119 Å². The van der Waals surface area contributed by atoms with Crippen molar-refractivity contribution in [2.75, 3.05) is 13.9 Å². The zero-order valence-electron chi connectivity index (χ0n) is 25.2. The second kappa shape index (κ2) is 12.5. The normalized spacial score (nSPS) is 26.2. The van der Waals surface area contributed by atoms with Gasteiger partial charge in [-0.2, -0.15) is 13.2 Å². The second-order valence-electron chi connectivity index (χ2n) is 12.4. The number of alkyl halides is 3. The van der Waals surface area contributed by atoms with E-state index in [1.54, 1.807) is 26.0 Å². The quantitative estimate of drug-likeness (QED) is 0.209. The van der Waals surface area contributed by atoms with Gasteiger partial charge in [0.15, 0.2) is 0 Å². The number of hydrogen-bond acceptors (Lipinski definition) is 9. The van der Waals surface area contributed by atoms with Gasteiger partial charge in [0, 0.05) is 6.42 Å². The highest BCUT2D eigenvalue weighted by molar-refractivity contribution is 6.48. The van der Waals surface area contributed by atoms with Gasteiger partial charge in [0.1, 0.15) is 11.3 Å². The molecule has 0 radical (unpaired) electrons. The predicted octanol–water partition coefficient (Wildman–Crippen LogP) is 5.01. The van der Waals surface area contributed by atoms with Crippen LogP contribution in [-0.2, 0) is 34.7 Å². The number of para-hydroxylation sites is 1. The maximum atomic E-state index is 12.9. The fraction of sp³-hybridized carbons (Fsp3) is 0.690. The SMILES string of the molecule is COc1c(CC(NC(=O)CCC(F)(F)F)B2OC3CC4CC(C4(C)C)C3(C)O2)cccc1C(=O)OCOC(=O)OC(C)C. The molecule has 5 unspecified atom stereocenters. The Kier molecular flexibility index (Phi) is 9.60. The molecule has 1 amide bonds. The van der Waals surface area contributed by atoms with Crippen molar-refractivity contribution in [2.45, 2.75) is 96.6 Å². The fourth-order valence-electron chi connectivity index (χ4n) is 6.64. The molecule has 4 aliphatic rings. The van der Waals surface area contributed by atoms with Crippen molar-refractivity contribution in [3.63, 3.8) is 0 Å². The molecular weight excluding hydrogens is 574 g/mol. The number of esters is 1. The molecule has 5 atom stereocenters. The summed E-state index contributed by atoms with van der Waals surface area (Å²) in [5, 5.41) is 2.69. The van der Waals surface area contributed by atoms with E-state index >= 15 is 0 Å². The molecule has 1 aromatic carbocycles. The van der Waals surface area contributed by atoms with Crippen LogP contribution in [0.5, 0.6) is 5.75 Å². The predicted molar refractivity (Wildman–Crippen MR) is 147 cm³/mol. The summed E-state index contributed by atoms with van der Waals surface area (Å²) < 4.78 is 71.6. The van der Waals surface area contributed by atoms with Crippen molar-refractivity contribution < 1.29 is 55.8 Å². The van der Waals surface area contributed by atoms with Gasteiger partial charge in [-0.05, 0) is 68.9 Å². The number of carbonyl (C=O) groups is 3. The summed E-state index contributed by atoms with van der Waals surface area (Å²) in [7, 11) is 0.400. The van der Waals surface area contributed by atoms with E-state index < -0.39 is 68.6 Å². The molecule has 5 rings (SSSR count). The fourth-order valence-corrected chi connectivity index (χ4v) is 6.64. The minimum atomic E-state index is -4.49. The molecule has 0 aromatic heterocycles. The number of benzene rings is 1. The second-order valence-corrected chi connectivity index (χ2v) is 12.4. The average Bonchev–Trinajstić information content (AvgIpc) is 3.27. The molecular formula is C29H39BF3NO9. The third-order valence-corrected chi connectivity index (χ3v) is 8.94. The van der Waals surface area contributed by atoms with Crippen LogP contribution in [0.15, 0.2) is 18.2 Å². The summed E-state index contributed by atoms with van der Waals surface area (Å²) in [6.07, 6.45) is -6.37. The van der Waals surface area contributed by atoms with Crippen LogP contribution in [0.3, 0.4) is 0 Å². The molecule has 1 aliphatic heterocycles. The van der Waals surface area contributed by atoms with E-state index in [4.69, 9.17) is 28.3 Å². The summed E-state index contributed by atoms with van der Waals surface area (Å²) >= 11 is 0. The lowest BCUT2D eigenvalue weighted by Crippen LogP contribution is -2.65. The first-order valence-electron chi connectivity index (χ1n) is 14.4. The van der Waals surface area contributed by atoms with E-state index in [-0.39, 0.29) is 35.2 Å². The zero-order valence-corrected chi connectivity index (χ0v) is 25.2. The van der Waals surface area contributed by atoms with Gasteiger partial charge in [-0.25, -0.2) is 9.59 Å². The minimum Gasteiger partial charge on any atom is -0.496 e. The highest BCUT2D eigenvalue weighted by Crippen LogP contribution is 2.65. The first kappa shape index (κ1) is 32.9.